The van der Waals surface area contributed by atoms with Crippen LogP contribution in [0.15, 0.2) is 71.2 Å². The molecule has 0 radical (unpaired) electrons. The molecule has 2 N–H and O–H groups in total. The highest BCUT2D eigenvalue weighted by Crippen LogP contribution is 2.35. The number of carbonyl (C=O) groups is 2. The predicted molar refractivity (Wildman–Crippen MR) is 135 cm³/mol. The molecule has 170 valence electrons. The molecule has 0 saturated carbocycles. The molecule has 0 aromatic heterocycles. The van der Waals surface area contributed by atoms with Gasteiger partial charge in [-0.05, 0) is 65.2 Å². The van der Waals surface area contributed by atoms with Crippen LogP contribution in [0.2, 0.25) is 0 Å². The second-order valence-corrected chi connectivity index (χ2v) is 8.97. The first-order valence-corrected chi connectivity index (χ1v) is 11.7. The van der Waals surface area contributed by atoms with Crippen molar-refractivity contribution in [3.05, 3.63) is 82.3 Å². The molecule has 1 atom stereocenters. The lowest BCUT2D eigenvalue weighted by atomic mass is 10.1. The lowest BCUT2D eigenvalue weighted by molar-refractivity contribution is -0.114. The predicted octanol–water partition coefficient (Wildman–Crippen LogP) is 5.84. The smallest absolute Gasteiger partial charge is 0.258 e. The largest absolute Gasteiger partial charge is 0.489 e. The number of nitrogens with zero attached hydrogens (tertiary/aromatic N) is 1. The molecule has 3 aromatic carbocycles. The van der Waals surface area contributed by atoms with Crippen LogP contribution in [0.4, 0.5) is 17.1 Å². The third-order valence-corrected chi connectivity index (χ3v) is 6.16. The van der Waals surface area contributed by atoms with E-state index < -0.39 is 0 Å². The number of rotatable bonds is 5. The van der Waals surface area contributed by atoms with Crippen LogP contribution in [-0.2, 0) is 11.4 Å². The summed E-state index contributed by atoms with van der Waals surface area (Å²) in [6.07, 6.45) is 0.801. The minimum Gasteiger partial charge on any atom is -0.489 e. The van der Waals surface area contributed by atoms with Crippen LogP contribution in [0.1, 0.15) is 36.2 Å². The number of anilines is 3. The molecular formula is C26H26BrN3O3. The molecule has 0 aliphatic carbocycles. The minimum absolute atomic E-state index is 0.121. The molecule has 1 heterocycles. The van der Waals surface area contributed by atoms with E-state index in [4.69, 9.17) is 4.74 Å². The van der Waals surface area contributed by atoms with E-state index >= 15 is 0 Å². The zero-order valence-corrected chi connectivity index (χ0v) is 20.2. The molecule has 3 aromatic rings. The van der Waals surface area contributed by atoms with Crippen LogP contribution >= 0.6 is 15.9 Å². The average molecular weight is 508 g/mol. The Bertz CT molecular complexity index is 1170. The molecule has 0 spiro atoms. The van der Waals surface area contributed by atoms with E-state index in [0.717, 1.165) is 33.6 Å². The molecule has 1 aliphatic heterocycles. The van der Waals surface area contributed by atoms with Crippen molar-refractivity contribution < 1.29 is 14.3 Å². The van der Waals surface area contributed by atoms with Gasteiger partial charge in [0.25, 0.3) is 5.91 Å². The molecule has 7 heteroatoms. The summed E-state index contributed by atoms with van der Waals surface area (Å²) in [6, 6.07) is 21.2. The van der Waals surface area contributed by atoms with Gasteiger partial charge in [-0.2, -0.15) is 0 Å². The first-order chi connectivity index (χ1) is 15.9. The van der Waals surface area contributed by atoms with Crippen LogP contribution in [0.25, 0.3) is 0 Å². The van der Waals surface area contributed by atoms with Gasteiger partial charge in [0.2, 0.25) is 5.91 Å². The molecule has 6 nitrogen and oxygen atoms in total. The van der Waals surface area contributed by atoms with E-state index in [9.17, 15) is 9.59 Å². The van der Waals surface area contributed by atoms with Gasteiger partial charge in [-0.1, -0.05) is 30.3 Å². The Hall–Kier alpha value is -3.32. The quantitative estimate of drug-likeness (QED) is 0.455. The molecule has 33 heavy (non-hydrogen) atoms. The average Bonchev–Trinajstić information content (AvgIpc) is 2.96. The number of hydrogen-bond donors (Lipinski definition) is 2. The summed E-state index contributed by atoms with van der Waals surface area (Å²) in [7, 11) is 0. The highest BCUT2D eigenvalue weighted by molar-refractivity contribution is 9.10. The van der Waals surface area contributed by atoms with Crippen LogP contribution in [0, 0.1) is 0 Å². The zero-order valence-electron chi connectivity index (χ0n) is 18.6. The number of benzene rings is 3. The van der Waals surface area contributed by atoms with Crippen molar-refractivity contribution >= 4 is 44.8 Å². The number of carbonyl (C=O) groups excluding carboxylic acids is 2. The molecule has 0 saturated heterocycles. The number of halogens is 1. The maximum atomic E-state index is 13.5. The van der Waals surface area contributed by atoms with Crippen molar-refractivity contribution in [2.75, 3.05) is 22.1 Å². The number of ether oxygens (including phenoxy) is 1. The van der Waals surface area contributed by atoms with Crippen LogP contribution in [0.5, 0.6) is 5.75 Å². The maximum Gasteiger partial charge on any atom is 0.258 e. The standard InChI is InChI=1S/C26H26BrN3O3/c1-17-12-13-30(26(32)20-8-10-22(27)23(14-20)29-18(2)31)25-11-9-21(15-24(25)28-17)33-16-19-6-4-3-5-7-19/h3-11,14-15,17,28H,12-13,16H2,1-2H3,(H,29,31). The highest BCUT2D eigenvalue weighted by atomic mass is 79.9. The van der Waals surface area contributed by atoms with Crippen molar-refractivity contribution in [2.24, 2.45) is 0 Å². The third kappa shape index (κ3) is 5.54. The summed E-state index contributed by atoms with van der Waals surface area (Å²) in [5.41, 5.74) is 3.83. The Morgan fingerprint density at radius 3 is 2.67 bits per heavy atom. The molecule has 0 bridgehead atoms. The van der Waals surface area contributed by atoms with Gasteiger partial charge in [0.15, 0.2) is 0 Å². The molecule has 2 amide bonds. The fraction of sp³-hybridized carbons (Fsp3) is 0.231. The molecule has 0 fully saturated rings. The Morgan fingerprint density at radius 2 is 1.91 bits per heavy atom. The van der Waals surface area contributed by atoms with Gasteiger partial charge in [-0.3, -0.25) is 9.59 Å². The van der Waals surface area contributed by atoms with E-state index in [1.54, 1.807) is 23.1 Å². The lowest BCUT2D eigenvalue weighted by Gasteiger charge is -2.23. The fourth-order valence-electron chi connectivity index (χ4n) is 3.79. The summed E-state index contributed by atoms with van der Waals surface area (Å²) in [5, 5.41) is 6.26. The first kappa shape index (κ1) is 22.9. The second kappa shape index (κ2) is 10.1. The summed E-state index contributed by atoms with van der Waals surface area (Å²) < 4.78 is 6.71. The summed E-state index contributed by atoms with van der Waals surface area (Å²) in [4.78, 5) is 26.8. The van der Waals surface area contributed by atoms with Gasteiger partial charge in [0.1, 0.15) is 12.4 Å². The van der Waals surface area contributed by atoms with E-state index in [1.165, 1.54) is 6.92 Å². The topological polar surface area (TPSA) is 70.7 Å². The van der Waals surface area contributed by atoms with Crippen molar-refractivity contribution in [1.29, 1.82) is 0 Å². The number of fused-ring (bicyclic) bond motifs is 1. The van der Waals surface area contributed by atoms with Gasteiger partial charge < -0.3 is 20.3 Å². The Balaban J connectivity index is 1.60. The molecule has 4 rings (SSSR count). The monoisotopic (exact) mass is 507 g/mol. The SMILES string of the molecule is CC(=O)Nc1cc(C(=O)N2CCC(C)Nc3cc(OCc4ccccc4)ccc32)ccc1Br. The number of hydrogen-bond acceptors (Lipinski definition) is 4. The van der Waals surface area contributed by atoms with E-state index in [0.29, 0.717) is 24.4 Å². The molecule has 1 aliphatic rings. The van der Waals surface area contributed by atoms with Crippen LogP contribution in [0.3, 0.4) is 0 Å². The van der Waals surface area contributed by atoms with E-state index in [2.05, 4.69) is 33.5 Å². The Labute approximate surface area is 202 Å². The van der Waals surface area contributed by atoms with E-state index in [-0.39, 0.29) is 17.9 Å². The van der Waals surface area contributed by atoms with Gasteiger partial charge in [-0.25, -0.2) is 0 Å². The Morgan fingerprint density at radius 1 is 1.12 bits per heavy atom. The minimum atomic E-state index is -0.193. The van der Waals surface area contributed by atoms with E-state index in [1.807, 2.05) is 48.5 Å². The molecular weight excluding hydrogens is 482 g/mol. The number of amides is 2. The fourth-order valence-corrected chi connectivity index (χ4v) is 4.13. The highest BCUT2D eigenvalue weighted by Gasteiger charge is 2.25. The third-order valence-electron chi connectivity index (χ3n) is 5.46. The van der Waals surface area contributed by atoms with Crippen LogP contribution < -0.4 is 20.3 Å². The summed E-state index contributed by atoms with van der Waals surface area (Å²) in [5.74, 6) is 0.425. The second-order valence-electron chi connectivity index (χ2n) is 8.12. The van der Waals surface area contributed by atoms with Crippen molar-refractivity contribution in [3.8, 4) is 5.75 Å². The first-order valence-electron chi connectivity index (χ1n) is 10.9. The normalized spacial score (nSPS) is 15.1. The van der Waals surface area contributed by atoms with Crippen molar-refractivity contribution in [2.45, 2.75) is 32.9 Å². The Kier molecular flexibility index (Phi) is 6.99. The number of nitrogens with one attached hydrogen (secondary N) is 2. The summed E-state index contributed by atoms with van der Waals surface area (Å²) in [6.45, 7) is 4.60. The van der Waals surface area contributed by atoms with Gasteiger partial charge in [-0.15, -0.1) is 0 Å². The van der Waals surface area contributed by atoms with Gasteiger partial charge in [0, 0.05) is 35.6 Å². The summed E-state index contributed by atoms with van der Waals surface area (Å²) >= 11 is 3.43. The molecule has 1 unspecified atom stereocenters. The van der Waals surface area contributed by atoms with Gasteiger partial charge >= 0.3 is 0 Å². The zero-order chi connectivity index (χ0) is 23.4. The maximum absolute atomic E-state index is 13.5. The van der Waals surface area contributed by atoms with Crippen molar-refractivity contribution in [3.63, 3.8) is 0 Å². The lowest BCUT2D eigenvalue weighted by Crippen LogP contribution is -2.32. The van der Waals surface area contributed by atoms with Crippen LogP contribution in [-0.4, -0.2) is 24.4 Å². The van der Waals surface area contributed by atoms with Crippen molar-refractivity contribution in [1.82, 2.24) is 0 Å². The van der Waals surface area contributed by atoms with Gasteiger partial charge in [0.05, 0.1) is 17.1 Å².